The number of hydrogen-bond acceptors (Lipinski definition) is 4. The molecular formula is C19H26FN3O4. The first-order valence-electron chi connectivity index (χ1n) is 9.32. The van der Waals surface area contributed by atoms with E-state index in [-0.39, 0.29) is 29.1 Å². The number of carbonyl (C=O) groups is 1. The molecule has 0 aromatic heterocycles. The second kappa shape index (κ2) is 6.98. The summed E-state index contributed by atoms with van der Waals surface area (Å²) in [5.41, 5.74) is 0.179. The lowest BCUT2D eigenvalue weighted by molar-refractivity contribution is -0.386. The highest BCUT2D eigenvalue weighted by Gasteiger charge is 2.39. The third-order valence-corrected chi connectivity index (χ3v) is 5.52. The molecule has 8 heteroatoms. The van der Waals surface area contributed by atoms with Crippen LogP contribution in [-0.4, -0.2) is 39.7 Å². The number of nitrogens with zero attached hydrogens (tertiary/aromatic N) is 2. The SMILES string of the molecule is CC(C)(C)C1CC(Nc2cc(C3CC3)cc(F)c2[N+](=O)[O-])CCN1C(=O)O. The average molecular weight is 379 g/mol. The maximum Gasteiger partial charge on any atom is 0.407 e. The van der Waals surface area contributed by atoms with Gasteiger partial charge in [-0.05, 0) is 54.7 Å². The molecular weight excluding hydrogens is 353 g/mol. The maximum absolute atomic E-state index is 14.4. The minimum atomic E-state index is -0.957. The molecule has 0 bridgehead atoms. The summed E-state index contributed by atoms with van der Waals surface area (Å²) in [6, 6.07) is 2.58. The van der Waals surface area contributed by atoms with Crippen molar-refractivity contribution in [2.24, 2.45) is 5.41 Å². The van der Waals surface area contributed by atoms with E-state index >= 15 is 0 Å². The number of rotatable bonds is 4. The van der Waals surface area contributed by atoms with Gasteiger partial charge in [-0.25, -0.2) is 4.79 Å². The molecule has 0 radical (unpaired) electrons. The van der Waals surface area contributed by atoms with Crippen molar-refractivity contribution < 1.29 is 19.2 Å². The van der Waals surface area contributed by atoms with E-state index in [1.807, 2.05) is 20.8 Å². The van der Waals surface area contributed by atoms with Gasteiger partial charge in [0.1, 0.15) is 5.69 Å². The molecule has 0 spiro atoms. The van der Waals surface area contributed by atoms with Gasteiger partial charge in [0.05, 0.1) is 4.92 Å². The number of nitro benzene ring substituents is 1. The Morgan fingerprint density at radius 2 is 2.00 bits per heavy atom. The molecule has 1 aliphatic heterocycles. The van der Waals surface area contributed by atoms with Gasteiger partial charge in [0.2, 0.25) is 5.82 Å². The van der Waals surface area contributed by atoms with Crippen molar-refractivity contribution >= 4 is 17.5 Å². The van der Waals surface area contributed by atoms with Crippen molar-refractivity contribution in [3.8, 4) is 0 Å². The van der Waals surface area contributed by atoms with E-state index in [2.05, 4.69) is 5.32 Å². The van der Waals surface area contributed by atoms with Gasteiger partial charge in [0, 0.05) is 18.6 Å². The lowest BCUT2D eigenvalue weighted by atomic mass is 9.79. The Hall–Kier alpha value is -2.38. The highest BCUT2D eigenvalue weighted by molar-refractivity contribution is 5.67. The Labute approximate surface area is 157 Å². The minimum absolute atomic E-state index is 0.155. The van der Waals surface area contributed by atoms with Crippen LogP contribution < -0.4 is 5.32 Å². The van der Waals surface area contributed by atoms with E-state index in [9.17, 15) is 24.4 Å². The van der Waals surface area contributed by atoms with Crippen molar-refractivity contribution in [2.75, 3.05) is 11.9 Å². The normalized spacial score (nSPS) is 23.2. The van der Waals surface area contributed by atoms with Gasteiger partial charge in [-0.15, -0.1) is 0 Å². The summed E-state index contributed by atoms with van der Waals surface area (Å²) in [6.45, 7) is 6.27. The molecule has 1 aromatic carbocycles. The maximum atomic E-state index is 14.4. The predicted octanol–water partition coefficient (Wildman–Crippen LogP) is 4.58. The molecule has 27 heavy (non-hydrogen) atoms. The Morgan fingerprint density at radius 3 is 2.52 bits per heavy atom. The molecule has 1 amide bonds. The molecule has 2 atom stereocenters. The summed E-state index contributed by atoms with van der Waals surface area (Å²) in [6.07, 6.45) is 2.02. The Bertz CT molecular complexity index is 758. The van der Waals surface area contributed by atoms with E-state index in [1.165, 1.54) is 11.0 Å². The van der Waals surface area contributed by atoms with Gasteiger partial charge in [0.15, 0.2) is 0 Å². The molecule has 148 valence electrons. The van der Waals surface area contributed by atoms with Gasteiger partial charge < -0.3 is 15.3 Å². The fourth-order valence-electron chi connectivity index (χ4n) is 3.93. The van der Waals surface area contributed by atoms with Gasteiger partial charge in [-0.3, -0.25) is 10.1 Å². The van der Waals surface area contributed by atoms with Crippen LogP contribution in [0.5, 0.6) is 0 Å². The molecule has 2 unspecified atom stereocenters. The van der Waals surface area contributed by atoms with Crippen molar-refractivity contribution in [2.45, 2.75) is 64.5 Å². The fraction of sp³-hybridized carbons (Fsp3) is 0.632. The second-order valence-electron chi connectivity index (χ2n) is 8.65. The van der Waals surface area contributed by atoms with Gasteiger partial charge in [0.25, 0.3) is 0 Å². The lowest BCUT2D eigenvalue weighted by Crippen LogP contribution is -2.54. The Kier molecular flexibility index (Phi) is 5.01. The monoisotopic (exact) mass is 379 g/mol. The molecule has 2 fully saturated rings. The van der Waals surface area contributed by atoms with Crippen molar-refractivity contribution in [3.63, 3.8) is 0 Å². The summed E-state index contributed by atoms with van der Waals surface area (Å²) in [4.78, 5) is 23.7. The van der Waals surface area contributed by atoms with Crippen LogP contribution >= 0.6 is 0 Å². The summed E-state index contributed by atoms with van der Waals surface area (Å²) in [7, 11) is 0. The number of halogens is 1. The minimum Gasteiger partial charge on any atom is -0.465 e. The Balaban J connectivity index is 1.86. The third kappa shape index (κ3) is 4.14. The standard InChI is InChI=1S/C19H26FN3O4/c1-19(2,3)16-10-13(6-7-22(16)18(24)25)21-15-9-12(11-4-5-11)8-14(20)17(15)23(26)27/h8-9,11,13,16,21H,4-7,10H2,1-3H3,(H,24,25). The fourth-order valence-corrected chi connectivity index (χ4v) is 3.93. The molecule has 1 saturated carbocycles. The molecule has 1 aliphatic carbocycles. The van der Waals surface area contributed by atoms with Crippen LogP contribution in [0.2, 0.25) is 0 Å². The number of piperidine rings is 1. The first-order valence-corrected chi connectivity index (χ1v) is 9.32. The molecule has 2 aliphatic rings. The molecule has 1 aromatic rings. The van der Waals surface area contributed by atoms with Crippen molar-refractivity contribution in [1.29, 1.82) is 0 Å². The third-order valence-electron chi connectivity index (χ3n) is 5.52. The van der Waals surface area contributed by atoms with Crippen LogP contribution in [-0.2, 0) is 0 Å². The number of benzene rings is 1. The smallest absolute Gasteiger partial charge is 0.407 e. The van der Waals surface area contributed by atoms with Gasteiger partial charge in [-0.1, -0.05) is 20.8 Å². The van der Waals surface area contributed by atoms with Crippen LogP contribution in [0.15, 0.2) is 12.1 Å². The zero-order valence-electron chi connectivity index (χ0n) is 15.9. The predicted molar refractivity (Wildman–Crippen MR) is 99.6 cm³/mol. The number of hydrogen-bond donors (Lipinski definition) is 2. The summed E-state index contributed by atoms with van der Waals surface area (Å²) in [5, 5.41) is 24.0. The van der Waals surface area contributed by atoms with E-state index in [0.717, 1.165) is 18.4 Å². The number of anilines is 1. The van der Waals surface area contributed by atoms with Crippen molar-refractivity contribution in [1.82, 2.24) is 4.90 Å². The van der Waals surface area contributed by atoms with Crippen LogP contribution in [0, 0.1) is 21.3 Å². The molecule has 7 nitrogen and oxygen atoms in total. The van der Waals surface area contributed by atoms with Crippen molar-refractivity contribution in [3.05, 3.63) is 33.6 Å². The molecule has 1 saturated heterocycles. The number of nitrogens with one attached hydrogen (secondary N) is 1. The molecule has 1 heterocycles. The van der Waals surface area contributed by atoms with E-state index in [1.54, 1.807) is 6.07 Å². The lowest BCUT2D eigenvalue weighted by Gasteiger charge is -2.44. The summed E-state index contributed by atoms with van der Waals surface area (Å²) in [5.74, 6) is -0.542. The molecule has 2 N–H and O–H groups in total. The average Bonchev–Trinajstić information content (AvgIpc) is 3.37. The first kappa shape index (κ1) is 19.4. The van der Waals surface area contributed by atoms with Crippen LogP contribution in [0.25, 0.3) is 0 Å². The van der Waals surface area contributed by atoms with E-state index < -0.39 is 22.5 Å². The zero-order valence-corrected chi connectivity index (χ0v) is 15.9. The topological polar surface area (TPSA) is 95.7 Å². The number of likely N-dealkylation sites (tertiary alicyclic amines) is 1. The van der Waals surface area contributed by atoms with Gasteiger partial charge >= 0.3 is 11.8 Å². The zero-order chi connectivity index (χ0) is 19.9. The van der Waals surface area contributed by atoms with Crippen LogP contribution in [0.1, 0.15) is 57.9 Å². The first-order chi connectivity index (χ1) is 12.6. The largest absolute Gasteiger partial charge is 0.465 e. The number of nitro groups is 1. The van der Waals surface area contributed by atoms with Gasteiger partial charge in [-0.2, -0.15) is 4.39 Å². The van der Waals surface area contributed by atoms with E-state index in [0.29, 0.717) is 19.4 Å². The number of carboxylic acid groups (broad SMARTS) is 1. The highest BCUT2D eigenvalue weighted by Crippen LogP contribution is 2.44. The molecule has 3 rings (SSSR count). The second-order valence-corrected chi connectivity index (χ2v) is 8.65. The van der Waals surface area contributed by atoms with Crippen LogP contribution in [0.3, 0.4) is 0 Å². The summed E-state index contributed by atoms with van der Waals surface area (Å²) < 4.78 is 14.4. The van der Waals surface area contributed by atoms with Crippen LogP contribution in [0.4, 0.5) is 20.6 Å². The summed E-state index contributed by atoms with van der Waals surface area (Å²) >= 11 is 0. The quantitative estimate of drug-likeness (QED) is 0.590. The highest BCUT2D eigenvalue weighted by atomic mass is 19.1. The number of amides is 1. The van der Waals surface area contributed by atoms with E-state index in [4.69, 9.17) is 0 Å². The Morgan fingerprint density at radius 1 is 1.33 bits per heavy atom.